The molecule has 0 aliphatic rings. The van der Waals surface area contributed by atoms with Gasteiger partial charge in [0.1, 0.15) is 0 Å². The van der Waals surface area contributed by atoms with E-state index in [1.165, 1.54) is 24.5 Å². The van der Waals surface area contributed by atoms with Crippen molar-refractivity contribution in [2.45, 2.75) is 0 Å². The maximum Gasteiger partial charge on any atom is 0.270 e. The Labute approximate surface area is 123 Å². The molecule has 0 aromatic heterocycles. The van der Waals surface area contributed by atoms with Gasteiger partial charge in [-0.05, 0) is 6.07 Å². The molecule has 0 aliphatic heterocycles. The van der Waals surface area contributed by atoms with Crippen molar-refractivity contribution in [3.63, 3.8) is 0 Å². The van der Waals surface area contributed by atoms with Gasteiger partial charge in [-0.1, -0.05) is 12.1 Å². The molecular formula is C14H7N2O6. The maximum atomic E-state index is 12.4. The lowest BCUT2D eigenvalue weighted by Crippen LogP contribution is -2.07. The highest BCUT2D eigenvalue weighted by atomic mass is 16.6. The number of nitro groups is 2. The van der Waals surface area contributed by atoms with Gasteiger partial charge in [-0.25, -0.2) is 0 Å². The predicted octanol–water partition coefficient (Wildman–Crippen LogP) is 2.19. The van der Waals surface area contributed by atoms with Gasteiger partial charge in [-0.15, -0.1) is 0 Å². The third-order valence-electron chi connectivity index (χ3n) is 2.89. The first-order chi connectivity index (χ1) is 10.4. The van der Waals surface area contributed by atoms with Crippen LogP contribution in [0.15, 0.2) is 42.5 Å². The van der Waals surface area contributed by atoms with Crippen molar-refractivity contribution in [1.82, 2.24) is 0 Å². The number of hydrogen-bond acceptors (Lipinski definition) is 6. The SMILES string of the molecule is O=[C]c1ccc([N+](=O)[O-])cc1C(=O)c1cccc([N+](=O)[O-])c1. The zero-order chi connectivity index (χ0) is 16.3. The summed E-state index contributed by atoms with van der Waals surface area (Å²) >= 11 is 0. The molecule has 0 saturated heterocycles. The van der Waals surface area contributed by atoms with E-state index >= 15 is 0 Å². The summed E-state index contributed by atoms with van der Waals surface area (Å²) in [6.45, 7) is 0. The smallest absolute Gasteiger partial charge is 0.270 e. The Kier molecular flexibility index (Phi) is 4.03. The van der Waals surface area contributed by atoms with E-state index < -0.39 is 15.6 Å². The standard InChI is InChI=1S/C14H7N2O6/c17-8-10-4-5-12(16(21)22)7-13(10)14(18)9-2-1-3-11(6-9)15(19)20/h1-7H. The van der Waals surface area contributed by atoms with Crippen molar-refractivity contribution >= 4 is 23.4 Å². The van der Waals surface area contributed by atoms with Crippen LogP contribution >= 0.6 is 0 Å². The fraction of sp³-hybridized carbons (Fsp3) is 0. The molecule has 2 aromatic carbocycles. The van der Waals surface area contributed by atoms with Crippen LogP contribution in [0.1, 0.15) is 21.5 Å². The average molecular weight is 299 g/mol. The minimum atomic E-state index is -0.731. The van der Waals surface area contributed by atoms with E-state index in [9.17, 15) is 29.8 Å². The lowest BCUT2D eigenvalue weighted by Gasteiger charge is -2.04. The van der Waals surface area contributed by atoms with Crippen molar-refractivity contribution in [3.8, 4) is 0 Å². The van der Waals surface area contributed by atoms with Gasteiger partial charge in [-0.3, -0.25) is 29.8 Å². The number of rotatable bonds is 5. The molecule has 2 aromatic rings. The first-order valence-electron chi connectivity index (χ1n) is 5.90. The van der Waals surface area contributed by atoms with Crippen LogP contribution in [0, 0.1) is 20.2 Å². The number of carbonyl (C=O) groups is 1. The highest BCUT2D eigenvalue weighted by Crippen LogP contribution is 2.22. The molecule has 0 unspecified atom stereocenters. The summed E-state index contributed by atoms with van der Waals surface area (Å²) in [5.41, 5.74) is -1.10. The number of benzene rings is 2. The van der Waals surface area contributed by atoms with E-state index in [2.05, 4.69) is 0 Å². The maximum absolute atomic E-state index is 12.4. The van der Waals surface area contributed by atoms with E-state index in [0.29, 0.717) is 0 Å². The number of hydrogen-bond donors (Lipinski definition) is 0. The monoisotopic (exact) mass is 299 g/mol. The lowest BCUT2D eigenvalue weighted by molar-refractivity contribution is -0.385. The Morgan fingerprint density at radius 2 is 1.59 bits per heavy atom. The summed E-state index contributed by atoms with van der Waals surface area (Å²) in [4.78, 5) is 43.3. The van der Waals surface area contributed by atoms with Gasteiger partial charge in [0.15, 0.2) is 5.78 Å². The molecule has 0 aliphatic carbocycles. The fourth-order valence-electron chi connectivity index (χ4n) is 1.84. The molecule has 109 valence electrons. The number of carbonyl (C=O) groups excluding carboxylic acids is 2. The molecule has 0 atom stereocenters. The molecule has 8 nitrogen and oxygen atoms in total. The second kappa shape index (κ2) is 5.92. The number of non-ortho nitro benzene ring substituents is 2. The van der Waals surface area contributed by atoms with E-state index in [1.807, 2.05) is 0 Å². The normalized spacial score (nSPS) is 10.0. The summed E-state index contributed by atoms with van der Waals surface area (Å²) in [5, 5.41) is 21.5. The van der Waals surface area contributed by atoms with Gasteiger partial charge in [0.2, 0.25) is 6.29 Å². The van der Waals surface area contributed by atoms with Crippen LogP contribution in [0.25, 0.3) is 0 Å². The molecule has 0 saturated carbocycles. The van der Waals surface area contributed by atoms with Crippen LogP contribution in [-0.4, -0.2) is 21.9 Å². The molecule has 0 bridgehead atoms. The summed E-state index contributed by atoms with van der Waals surface area (Å²) in [7, 11) is 0. The van der Waals surface area contributed by atoms with Crippen LogP contribution in [0.4, 0.5) is 11.4 Å². The first-order valence-corrected chi connectivity index (χ1v) is 5.90. The van der Waals surface area contributed by atoms with Gasteiger partial charge in [0.05, 0.1) is 9.85 Å². The number of nitro benzene ring substituents is 2. The Morgan fingerprint density at radius 1 is 0.955 bits per heavy atom. The molecule has 0 N–H and O–H groups in total. The summed E-state index contributed by atoms with van der Waals surface area (Å²) in [6, 6.07) is 8.00. The summed E-state index contributed by atoms with van der Waals surface area (Å²) in [5.74, 6) is -0.731. The molecule has 0 fully saturated rings. The van der Waals surface area contributed by atoms with Gasteiger partial charge in [0, 0.05) is 41.0 Å². The highest BCUT2D eigenvalue weighted by molar-refractivity contribution is 6.13. The van der Waals surface area contributed by atoms with Gasteiger partial charge >= 0.3 is 0 Å². The van der Waals surface area contributed by atoms with E-state index in [0.717, 1.165) is 24.3 Å². The van der Waals surface area contributed by atoms with Crippen LogP contribution in [0.2, 0.25) is 0 Å². The minimum Gasteiger partial charge on any atom is -0.289 e. The van der Waals surface area contributed by atoms with Gasteiger partial charge < -0.3 is 0 Å². The molecular weight excluding hydrogens is 292 g/mol. The molecule has 1 radical (unpaired) electrons. The third-order valence-corrected chi connectivity index (χ3v) is 2.89. The highest BCUT2D eigenvalue weighted by Gasteiger charge is 2.20. The molecule has 8 heteroatoms. The Morgan fingerprint density at radius 3 is 2.18 bits per heavy atom. The summed E-state index contributed by atoms with van der Waals surface area (Å²) < 4.78 is 0. The van der Waals surface area contributed by atoms with Crippen molar-refractivity contribution in [3.05, 3.63) is 79.4 Å². The second-order valence-electron chi connectivity index (χ2n) is 4.23. The second-order valence-corrected chi connectivity index (χ2v) is 4.23. The van der Waals surface area contributed by atoms with Gasteiger partial charge in [0.25, 0.3) is 11.4 Å². The van der Waals surface area contributed by atoms with Crippen LogP contribution < -0.4 is 0 Å². The minimum absolute atomic E-state index is 0.0498. The van der Waals surface area contributed by atoms with Crippen molar-refractivity contribution in [1.29, 1.82) is 0 Å². The third kappa shape index (κ3) is 2.85. The Bertz CT molecular complexity index is 800. The lowest BCUT2D eigenvalue weighted by atomic mass is 9.98. The first kappa shape index (κ1) is 15.0. The quantitative estimate of drug-likeness (QED) is 0.474. The topological polar surface area (TPSA) is 120 Å². The van der Waals surface area contributed by atoms with Gasteiger partial charge in [-0.2, -0.15) is 0 Å². The van der Waals surface area contributed by atoms with Crippen molar-refractivity contribution in [2.75, 3.05) is 0 Å². The van der Waals surface area contributed by atoms with Crippen LogP contribution in [-0.2, 0) is 4.79 Å². The predicted molar refractivity (Wildman–Crippen MR) is 74.4 cm³/mol. The Hall–Kier alpha value is -3.42. The number of ketones is 1. The average Bonchev–Trinajstić information content (AvgIpc) is 2.53. The fourth-order valence-corrected chi connectivity index (χ4v) is 1.84. The Balaban J connectivity index is 2.55. The van der Waals surface area contributed by atoms with Crippen molar-refractivity contribution in [2.24, 2.45) is 0 Å². The van der Waals surface area contributed by atoms with E-state index in [4.69, 9.17) is 0 Å². The zero-order valence-corrected chi connectivity index (χ0v) is 10.9. The molecule has 0 amide bonds. The molecule has 0 heterocycles. The molecule has 0 spiro atoms. The summed E-state index contributed by atoms with van der Waals surface area (Å²) in [6.07, 6.45) is 1.52. The van der Waals surface area contributed by atoms with E-state index in [-0.39, 0.29) is 28.1 Å². The van der Waals surface area contributed by atoms with E-state index in [1.54, 1.807) is 0 Å². The van der Waals surface area contributed by atoms with Crippen LogP contribution in [0.3, 0.4) is 0 Å². The molecule has 2 rings (SSSR count). The zero-order valence-electron chi connectivity index (χ0n) is 10.9. The van der Waals surface area contributed by atoms with Crippen molar-refractivity contribution < 1.29 is 19.4 Å². The van der Waals surface area contributed by atoms with Crippen LogP contribution in [0.5, 0.6) is 0 Å². The number of nitrogens with zero attached hydrogens (tertiary/aromatic N) is 2. The largest absolute Gasteiger partial charge is 0.289 e. The molecule has 22 heavy (non-hydrogen) atoms.